The van der Waals surface area contributed by atoms with Crippen LogP contribution in [0.5, 0.6) is 0 Å². The number of nitrogens with zero attached hydrogens (tertiary/aromatic N) is 2. The van der Waals surface area contributed by atoms with Crippen molar-refractivity contribution in [1.29, 1.82) is 0 Å². The third kappa shape index (κ3) is 4.83. The maximum absolute atomic E-state index is 12.2. The van der Waals surface area contributed by atoms with Crippen molar-refractivity contribution in [2.45, 2.75) is 47.2 Å². The number of halogens is 1. The fourth-order valence-corrected chi connectivity index (χ4v) is 2.67. The normalized spacial score (nSPS) is 11.0. The fourth-order valence-electron chi connectivity index (χ4n) is 2.54. The summed E-state index contributed by atoms with van der Waals surface area (Å²) < 4.78 is 2.00. The van der Waals surface area contributed by atoms with E-state index in [4.69, 9.17) is 11.6 Å². The molecule has 0 aliphatic heterocycles. The highest BCUT2D eigenvalue weighted by molar-refractivity contribution is 6.30. The molecule has 0 fully saturated rings. The highest BCUT2D eigenvalue weighted by Gasteiger charge is 2.15. The average Bonchev–Trinajstić information content (AvgIpc) is 2.73. The largest absolute Gasteiger partial charge is 0.352 e. The van der Waals surface area contributed by atoms with E-state index in [2.05, 4.69) is 24.3 Å². The molecule has 0 aliphatic carbocycles. The maximum atomic E-state index is 12.2. The van der Waals surface area contributed by atoms with E-state index >= 15 is 0 Å². The first-order chi connectivity index (χ1) is 10.9. The summed E-state index contributed by atoms with van der Waals surface area (Å²) in [5, 5.41) is 8.20. The minimum atomic E-state index is 0.00949. The Kier molecular flexibility index (Phi) is 5.83. The van der Waals surface area contributed by atoms with Crippen molar-refractivity contribution in [2.75, 3.05) is 0 Å². The number of benzene rings is 1. The number of carbonyl (C=O) groups is 1. The summed E-state index contributed by atoms with van der Waals surface area (Å²) in [4.78, 5) is 12.2. The van der Waals surface area contributed by atoms with E-state index in [1.807, 2.05) is 42.8 Å². The van der Waals surface area contributed by atoms with Gasteiger partial charge in [-0.2, -0.15) is 5.10 Å². The van der Waals surface area contributed by atoms with E-state index in [-0.39, 0.29) is 5.91 Å². The predicted molar refractivity (Wildman–Crippen MR) is 93.5 cm³/mol. The molecule has 23 heavy (non-hydrogen) atoms. The van der Waals surface area contributed by atoms with E-state index in [0.29, 0.717) is 23.9 Å². The van der Waals surface area contributed by atoms with Crippen LogP contribution in [-0.2, 0) is 24.3 Å². The smallest absolute Gasteiger partial charge is 0.224 e. The van der Waals surface area contributed by atoms with E-state index in [0.717, 1.165) is 29.1 Å². The van der Waals surface area contributed by atoms with Crippen molar-refractivity contribution in [3.05, 3.63) is 51.8 Å². The molecule has 4 nitrogen and oxygen atoms in total. The van der Waals surface area contributed by atoms with Crippen molar-refractivity contribution >= 4 is 17.5 Å². The van der Waals surface area contributed by atoms with Crippen molar-refractivity contribution < 1.29 is 4.79 Å². The second-order valence-corrected chi connectivity index (χ2v) is 6.74. The van der Waals surface area contributed by atoms with Gasteiger partial charge in [0.2, 0.25) is 5.91 Å². The quantitative estimate of drug-likeness (QED) is 0.876. The molecule has 1 aromatic carbocycles. The number of nitrogens with one attached hydrogen (secondary N) is 1. The Morgan fingerprint density at radius 3 is 2.52 bits per heavy atom. The Morgan fingerprint density at radius 1 is 1.26 bits per heavy atom. The first-order valence-electron chi connectivity index (χ1n) is 7.91. The van der Waals surface area contributed by atoms with Gasteiger partial charge in [0, 0.05) is 29.4 Å². The van der Waals surface area contributed by atoms with Gasteiger partial charge in [0.15, 0.2) is 0 Å². The third-order valence-corrected chi connectivity index (χ3v) is 4.06. The number of rotatable bonds is 6. The molecule has 0 unspecified atom stereocenters. The lowest BCUT2D eigenvalue weighted by Crippen LogP contribution is -2.25. The van der Waals surface area contributed by atoms with Crippen LogP contribution in [0.15, 0.2) is 24.3 Å². The standard InChI is InChI=1S/C18H24ClN3O/c1-12(2)11-22-14(4)17(13(3)21-22)9-18(23)20-10-15-5-7-16(19)8-6-15/h5-8,12H,9-11H2,1-4H3,(H,20,23). The third-order valence-electron chi connectivity index (χ3n) is 3.81. The van der Waals surface area contributed by atoms with Crippen LogP contribution in [0.25, 0.3) is 0 Å². The summed E-state index contributed by atoms with van der Waals surface area (Å²) in [6, 6.07) is 7.49. The van der Waals surface area contributed by atoms with Crippen LogP contribution in [0, 0.1) is 19.8 Å². The molecule has 2 aromatic rings. The summed E-state index contributed by atoms with van der Waals surface area (Å²) in [6.45, 7) is 9.70. The Hall–Kier alpha value is -1.81. The van der Waals surface area contributed by atoms with Crippen LogP contribution >= 0.6 is 11.6 Å². The summed E-state index contributed by atoms with van der Waals surface area (Å²) >= 11 is 5.86. The molecular weight excluding hydrogens is 310 g/mol. The zero-order chi connectivity index (χ0) is 17.0. The average molecular weight is 334 g/mol. The number of carbonyl (C=O) groups excluding carboxylic acids is 1. The van der Waals surface area contributed by atoms with E-state index < -0.39 is 0 Å². The van der Waals surface area contributed by atoms with Crippen LogP contribution < -0.4 is 5.32 Å². The Labute approximate surface area is 142 Å². The molecule has 2 rings (SSSR count). The molecule has 0 radical (unpaired) electrons. The number of amides is 1. The monoisotopic (exact) mass is 333 g/mol. The van der Waals surface area contributed by atoms with Crippen molar-refractivity contribution in [2.24, 2.45) is 5.92 Å². The lowest BCUT2D eigenvalue weighted by Gasteiger charge is -2.08. The van der Waals surface area contributed by atoms with Crippen LogP contribution in [0.2, 0.25) is 5.02 Å². The van der Waals surface area contributed by atoms with Crippen LogP contribution in [0.4, 0.5) is 0 Å². The predicted octanol–water partition coefficient (Wildman–Crippen LogP) is 3.67. The topological polar surface area (TPSA) is 46.9 Å². The highest BCUT2D eigenvalue weighted by Crippen LogP contribution is 2.15. The lowest BCUT2D eigenvalue weighted by atomic mass is 10.1. The molecule has 1 aromatic heterocycles. The number of aromatic nitrogens is 2. The van der Waals surface area contributed by atoms with Crippen molar-refractivity contribution in [3.8, 4) is 0 Å². The lowest BCUT2D eigenvalue weighted by molar-refractivity contribution is -0.120. The Balaban J connectivity index is 1.97. The molecule has 1 heterocycles. The van der Waals surface area contributed by atoms with Gasteiger partial charge in [-0.25, -0.2) is 0 Å². The maximum Gasteiger partial charge on any atom is 0.224 e. The van der Waals surface area contributed by atoms with Gasteiger partial charge in [-0.1, -0.05) is 37.6 Å². The molecule has 1 amide bonds. The second-order valence-electron chi connectivity index (χ2n) is 6.31. The van der Waals surface area contributed by atoms with Crippen LogP contribution in [0.3, 0.4) is 0 Å². The van der Waals surface area contributed by atoms with Crippen LogP contribution in [-0.4, -0.2) is 15.7 Å². The van der Waals surface area contributed by atoms with Crippen LogP contribution in [0.1, 0.15) is 36.4 Å². The number of hydrogen-bond acceptors (Lipinski definition) is 2. The van der Waals surface area contributed by atoms with Crippen molar-refractivity contribution in [1.82, 2.24) is 15.1 Å². The van der Waals surface area contributed by atoms with Gasteiger partial charge in [0.05, 0.1) is 12.1 Å². The van der Waals surface area contributed by atoms with Gasteiger partial charge in [-0.05, 0) is 37.5 Å². The van der Waals surface area contributed by atoms with E-state index in [1.165, 1.54) is 0 Å². The summed E-state index contributed by atoms with van der Waals surface area (Å²) in [5.74, 6) is 0.537. The van der Waals surface area contributed by atoms with Gasteiger partial charge in [0.25, 0.3) is 0 Å². The number of aryl methyl sites for hydroxylation is 1. The summed E-state index contributed by atoms with van der Waals surface area (Å²) in [7, 11) is 0. The molecule has 124 valence electrons. The van der Waals surface area contributed by atoms with Gasteiger partial charge in [-0.15, -0.1) is 0 Å². The molecule has 0 saturated heterocycles. The second kappa shape index (κ2) is 7.64. The molecule has 1 N–H and O–H groups in total. The SMILES string of the molecule is Cc1nn(CC(C)C)c(C)c1CC(=O)NCc1ccc(Cl)cc1. The van der Waals surface area contributed by atoms with E-state index in [1.54, 1.807) is 0 Å². The minimum absolute atomic E-state index is 0.00949. The van der Waals surface area contributed by atoms with Crippen molar-refractivity contribution in [3.63, 3.8) is 0 Å². The minimum Gasteiger partial charge on any atom is -0.352 e. The summed E-state index contributed by atoms with van der Waals surface area (Å²) in [6.07, 6.45) is 0.364. The van der Waals surface area contributed by atoms with Gasteiger partial charge in [0.1, 0.15) is 0 Å². The van der Waals surface area contributed by atoms with Gasteiger partial charge >= 0.3 is 0 Å². The Morgan fingerprint density at radius 2 is 1.91 bits per heavy atom. The highest BCUT2D eigenvalue weighted by atomic mass is 35.5. The molecule has 0 spiro atoms. The van der Waals surface area contributed by atoms with E-state index in [9.17, 15) is 4.79 Å². The molecule has 0 aliphatic rings. The number of hydrogen-bond donors (Lipinski definition) is 1. The summed E-state index contributed by atoms with van der Waals surface area (Å²) in [5.41, 5.74) is 4.08. The Bertz CT molecular complexity index is 674. The molecular formula is C18H24ClN3O. The van der Waals surface area contributed by atoms with Gasteiger partial charge < -0.3 is 5.32 Å². The molecule has 0 saturated carbocycles. The van der Waals surface area contributed by atoms with Gasteiger partial charge in [-0.3, -0.25) is 9.48 Å². The zero-order valence-electron chi connectivity index (χ0n) is 14.2. The molecule has 0 bridgehead atoms. The zero-order valence-corrected chi connectivity index (χ0v) is 14.9. The molecule has 5 heteroatoms. The fraction of sp³-hybridized carbons (Fsp3) is 0.444. The first-order valence-corrected chi connectivity index (χ1v) is 8.28. The molecule has 0 atom stereocenters. The first kappa shape index (κ1) is 17.5.